The summed E-state index contributed by atoms with van der Waals surface area (Å²) in [5.74, 6) is 0.0584. The maximum Gasteiger partial charge on any atom is 0.0716 e. The Morgan fingerprint density at radius 1 is 0.278 bits per heavy atom. The molecule has 2 aliphatic rings. The van der Waals surface area contributed by atoms with Crippen molar-refractivity contribution in [1.82, 2.24) is 4.98 Å². The lowest BCUT2D eigenvalue weighted by molar-refractivity contribution is 1.01. The van der Waals surface area contributed by atoms with E-state index in [0.717, 1.165) is 33.6 Å². The van der Waals surface area contributed by atoms with Gasteiger partial charge in [0, 0.05) is 23.0 Å². The van der Waals surface area contributed by atoms with E-state index in [4.69, 9.17) is 4.98 Å². The summed E-state index contributed by atoms with van der Waals surface area (Å²) in [7, 11) is 0. The van der Waals surface area contributed by atoms with Gasteiger partial charge in [0.05, 0.1) is 11.4 Å². The lowest BCUT2D eigenvalue weighted by Crippen LogP contribution is -2.06. The number of benzene rings is 10. The second-order valence-electron chi connectivity index (χ2n) is 20.0. The summed E-state index contributed by atoms with van der Waals surface area (Å²) in [5, 5.41) is 0. The van der Waals surface area contributed by atoms with Gasteiger partial charge in [0.25, 0.3) is 0 Å². The molecule has 1 atom stereocenters. The molecule has 342 valence electrons. The van der Waals surface area contributed by atoms with Crippen LogP contribution in [-0.4, -0.2) is 4.98 Å². The van der Waals surface area contributed by atoms with Crippen LogP contribution in [0.25, 0.3) is 89.3 Å². The molecule has 11 aromatic rings. The zero-order valence-electron chi connectivity index (χ0n) is 41.1. The topological polar surface area (TPSA) is 12.9 Å². The normalized spacial score (nSPS) is 13.4. The van der Waals surface area contributed by atoms with Crippen molar-refractivity contribution in [3.05, 3.63) is 292 Å². The van der Waals surface area contributed by atoms with Crippen LogP contribution in [0.3, 0.4) is 0 Å². The quantitative estimate of drug-likeness (QED) is 0.148. The molecule has 0 saturated heterocycles. The highest BCUT2D eigenvalue weighted by Crippen LogP contribution is 2.55. The van der Waals surface area contributed by atoms with Crippen LogP contribution in [0.15, 0.2) is 237 Å². The van der Waals surface area contributed by atoms with Gasteiger partial charge < -0.3 is 0 Å². The molecule has 1 heterocycles. The SMILES string of the molecule is Cc1cccc(-c2cc(-c3cc(-c4ccccc4)cc(-c4ccccc4)n3)cc(-c3cccc(C4c5ccccc5-c5ccccc54)c3)c2C2c3ccccc3-c3cc(-c4c(C)cc(C)cc4C)ccc32)c1. The average Bonchev–Trinajstić information content (AvgIpc) is 3.93. The third kappa shape index (κ3) is 7.44. The first kappa shape index (κ1) is 43.4. The molecule has 0 aliphatic heterocycles. The first-order valence-corrected chi connectivity index (χ1v) is 25.3. The van der Waals surface area contributed by atoms with E-state index in [1.165, 1.54) is 111 Å². The van der Waals surface area contributed by atoms with Gasteiger partial charge in [0.15, 0.2) is 0 Å². The van der Waals surface area contributed by atoms with E-state index in [0.29, 0.717) is 0 Å². The van der Waals surface area contributed by atoms with E-state index < -0.39 is 0 Å². The molecular weight excluding hydrogens is 867 g/mol. The molecule has 1 nitrogen and oxygen atoms in total. The summed E-state index contributed by atoms with van der Waals surface area (Å²) in [6.07, 6.45) is 0. The fourth-order valence-electron chi connectivity index (χ4n) is 12.3. The minimum absolute atomic E-state index is 0.0508. The summed E-state index contributed by atoms with van der Waals surface area (Å²) in [5.41, 5.74) is 32.1. The van der Waals surface area contributed by atoms with Crippen LogP contribution < -0.4 is 0 Å². The summed E-state index contributed by atoms with van der Waals surface area (Å²) < 4.78 is 0. The van der Waals surface area contributed by atoms with Crippen molar-refractivity contribution < 1.29 is 0 Å². The van der Waals surface area contributed by atoms with Crippen molar-refractivity contribution in [3.63, 3.8) is 0 Å². The monoisotopic (exact) mass is 919 g/mol. The zero-order valence-corrected chi connectivity index (χ0v) is 41.1. The van der Waals surface area contributed by atoms with Crippen LogP contribution in [0.2, 0.25) is 0 Å². The fraction of sp³-hybridized carbons (Fsp3) is 0.0845. The Labute approximate surface area is 423 Å². The van der Waals surface area contributed by atoms with E-state index in [1.54, 1.807) is 0 Å². The van der Waals surface area contributed by atoms with Gasteiger partial charge >= 0.3 is 0 Å². The molecule has 10 aromatic carbocycles. The summed E-state index contributed by atoms with van der Waals surface area (Å²) in [6.45, 7) is 8.92. The first-order valence-electron chi connectivity index (χ1n) is 25.3. The van der Waals surface area contributed by atoms with Gasteiger partial charge in [-0.1, -0.05) is 217 Å². The Kier molecular flexibility index (Phi) is 10.6. The van der Waals surface area contributed by atoms with E-state index in [2.05, 4.69) is 264 Å². The van der Waals surface area contributed by atoms with Crippen LogP contribution in [0, 0.1) is 27.7 Å². The van der Waals surface area contributed by atoms with Crippen LogP contribution in [0.5, 0.6) is 0 Å². The Morgan fingerprint density at radius 3 is 1.39 bits per heavy atom. The number of rotatable bonds is 8. The Hall–Kier alpha value is -8.65. The first-order chi connectivity index (χ1) is 35.3. The maximum atomic E-state index is 5.57. The van der Waals surface area contributed by atoms with Crippen molar-refractivity contribution in [2.75, 3.05) is 0 Å². The minimum atomic E-state index is -0.0508. The maximum absolute atomic E-state index is 5.57. The Bertz CT molecular complexity index is 3790. The van der Waals surface area contributed by atoms with Crippen molar-refractivity contribution >= 4 is 0 Å². The smallest absolute Gasteiger partial charge is 0.0716 e. The number of aromatic nitrogens is 1. The van der Waals surface area contributed by atoms with E-state index >= 15 is 0 Å². The predicted molar refractivity (Wildman–Crippen MR) is 301 cm³/mol. The lowest BCUT2D eigenvalue weighted by Gasteiger charge is -2.26. The molecule has 1 unspecified atom stereocenters. The molecular formula is C71H53N. The van der Waals surface area contributed by atoms with Gasteiger partial charge in [-0.3, -0.25) is 0 Å². The third-order valence-electron chi connectivity index (χ3n) is 15.4. The zero-order chi connectivity index (χ0) is 48.5. The molecule has 72 heavy (non-hydrogen) atoms. The second kappa shape index (κ2) is 17.6. The number of aryl methyl sites for hydroxylation is 4. The van der Waals surface area contributed by atoms with Gasteiger partial charge in [-0.2, -0.15) is 0 Å². The van der Waals surface area contributed by atoms with Crippen LogP contribution in [0.1, 0.15) is 67.5 Å². The highest BCUT2D eigenvalue weighted by atomic mass is 14.7. The van der Waals surface area contributed by atoms with E-state index in [1.807, 2.05) is 0 Å². The van der Waals surface area contributed by atoms with Crippen molar-refractivity contribution in [2.24, 2.45) is 0 Å². The molecule has 0 bridgehead atoms. The van der Waals surface area contributed by atoms with Crippen molar-refractivity contribution in [1.29, 1.82) is 0 Å². The largest absolute Gasteiger partial charge is 0.248 e. The number of hydrogen-bond donors (Lipinski definition) is 0. The second-order valence-corrected chi connectivity index (χ2v) is 20.0. The standard InChI is InChI=1S/C71H53N/c1-44-19-17-24-50(37-44)63-40-55(67-43-54(48-20-7-5-8-21-48)42-66(72-67)49-22-9-6-10-23-49)41-64(51-25-18-26-52(38-51)69-59-30-14-11-27-56(59)57-28-12-15-31-60(57)69)71(63)70-61-32-16-13-29-58(61)65-39-53(33-34-62(65)70)68-46(3)35-45(2)36-47(68)4/h5-43,69-70H,1-4H3. The molecule has 13 rings (SSSR count). The van der Waals surface area contributed by atoms with Gasteiger partial charge in [0.1, 0.15) is 0 Å². The van der Waals surface area contributed by atoms with Gasteiger partial charge in [-0.15, -0.1) is 0 Å². The number of pyridine rings is 1. The van der Waals surface area contributed by atoms with Gasteiger partial charge in [0.2, 0.25) is 0 Å². The summed E-state index contributed by atoms with van der Waals surface area (Å²) >= 11 is 0. The highest BCUT2D eigenvalue weighted by Gasteiger charge is 2.35. The molecule has 0 fully saturated rings. The molecule has 1 aromatic heterocycles. The number of nitrogens with zero attached hydrogens (tertiary/aromatic N) is 1. The average molecular weight is 920 g/mol. The Morgan fingerprint density at radius 2 is 0.764 bits per heavy atom. The highest BCUT2D eigenvalue weighted by molar-refractivity contribution is 5.93. The molecule has 0 amide bonds. The summed E-state index contributed by atoms with van der Waals surface area (Å²) in [4.78, 5) is 5.57. The molecule has 0 N–H and O–H groups in total. The van der Waals surface area contributed by atoms with Crippen LogP contribution in [0.4, 0.5) is 0 Å². The van der Waals surface area contributed by atoms with Gasteiger partial charge in [-0.25, -0.2) is 4.98 Å². The lowest BCUT2D eigenvalue weighted by atomic mass is 9.77. The Balaban J connectivity index is 1.11. The van der Waals surface area contributed by atoms with Gasteiger partial charge in [-0.05, 0) is 169 Å². The van der Waals surface area contributed by atoms with Crippen LogP contribution >= 0.6 is 0 Å². The molecule has 2 aliphatic carbocycles. The predicted octanol–water partition coefficient (Wildman–Crippen LogP) is 18.6. The molecule has 1 heteroatoms. The third-order valence-corrected chi connectivity index (χ3v) is 15.4. The van der Waals surface area contributed by atoms with Crippen molar-refractivity contribution in [3.8, 4) is 89.3 Å². The molecule has 0 saturated carbocycles. The molecule has 0 spiro atoms. The fourth-order valence-corrected chi connectivity index (χ4v) is 12.3. The summed E-state index contributed by atoms with van der Waals surface area (Å²) in [6, 6.07) is 88.4. The molecule has 0 radical (unpaired) electrons. The number of fused-ring (bicyclic) bond motifs is 6. The number of hydrogen-bond acceptors (Lipinski definition) is 1. The van der Waals surface area contributed by atoms with Crippen molar-refractivity contribution in [2.45, 2.75) is 39.5 Å². The van der Waals surface area contributed by atoms with E-state index in [9.17, 15) is 0 Å². The van der Waals surface area contributed by atoms with Crippen LogP contribution in [-0.2, 0) is 0 Å². The minimum Gasteiger partial charge on any atom is -0.248 e. The van der Waals surface area contributed by atoms with E-state index in [-0.39, 0.29) is 11.8 Å².